The predicted molar refractivity (Wildman–Crippen MR) is 130 cm³/mol. The molecule has 2 aliphatic rings. The fourth-order valence-electron chi connectivity index (χ4n) is 4.97. The highest BCUT2D eigenvalue weighted by Crippen LogP contribution is 2.22. The molecule has 33 heavy (non-hydrogen) atoms. The van der Waals surface area contributed by atoms with Crippen LogP contribution < -0.4 is 10.2 Å². The number of aliphatic hydroxyl groups is 1. The average molecular weight is 448 g/mol. The molecule has 7 heteroatoms. The molecule has 2 fully saturated rings. The number of imidazole rings is 1. The summed E-state index contributed by atoms with van der Waals surface area (Å²) in [5.41, 5.74) is 5.16. The second kappa shape index (κ2) is 9.53. The van der Waals surface area contributed by atoms with Crippen molar-refractivity contribution in [3.63, 3.8) is 0 Å². The van der Waals surface area contributed by atoms with Gasteiger partial charge in [0.25, 0.3) is 5.91 Å². The summed E-state index contributed by atoms with van der Waals surface area (Å²) in [5, 5.41) is 13.5. The molecule has 2 aliphatic heterocycles. The molecule has 2 saturated heterocycles. The zero-order chi connectivity index (χ0) is 22.8. The monoisotopic (exact) mass is 447 g/mol. The van der Waals surface area contributed by atoms with Crippen molar-refractivity contribution in [1.29, 1.82) is 0 Å². The van der Waals surface area contributed by atoms with E-state index in [2.05, 4.69) is 58.2 Å². The first-order valence-electron chi connectivity index (χ1n) is 12.0. The van der Waals surface area contributed by atoms with E-state index in [-0.39, 0.29) is 5.91 Å². The predicted octanol–water partition coefficient (Wildman–Crippen LogP) is 3.00. The molecule has 3 aromatic rings. The van der Waals surface area contributed by atoms with E-state index in [1.54, 1.807) is 4.90 Å². The highest BCUT2D eigenvalue weighted by atomic mass is 16.3. The number of benzene rings is 1. The van der Waals surface area contributed by atoms with Crippen molar-refractivity contribution in [2.75, 3.05) is 31.1 Å². The lowest BCUT2D eigenvalue weighted by Crippen LogP contribution is -2.42. The van der Waals surface area contributed by atoms with E-state index in [1.807, 2.05) is 12.1 Å². The number of aromatic nitrogens is 2. The number of piperidine rings is 2. The Labute approximate surface area is 195 Å². The normalized spacial score (nSPS) is 19.9. The first-order chi connectivity index (χ1) is 16.0. The lowest BCUT2D eigenvalue weighted by molar-refractivity contribution is 0.0474. The van der Waals surface area contributed by atoms with Crippen LogP contribution in [0, 0.1) is 6.92 Å². The molecule has 0 aliphatic carbocycles. The number of carbonyl (C=O) groups is 1. The van der Waals surface area contributed by atoms with Crippen LogP contribution in [0.5, 0.6) is 0 Å². The Morgan fingerprint density at radius 3 is 2.61 bits per heavy atom. The minimum atomic E-state index is -0.395. The summed E-state index contributed by atoms with van der Waals surface area (Å²) in [4.78, 5) is 21.6. The molecule has 1 amide bonds. The lowest BCUT2D eigenvalue weighted by Gasteiger charge is -2.34. The number of hydrogen-bond donors (Lipinski definition) is 2. The van der Waals surface area contributed by atoms with Gasteiger partial charge in [0.05, 0.1) is 11.8 Å². The van der Waals surface area contributed by atoms with E-state index in [0.29, 0.717) is 18.2 Å². The number of fused-ring (bicyclic) bond motifs is 1. The van der Waals surface area contributed by atoms with Gasteiger partial charge in [-0.25, -0.2) is 4.98 Å². The molecule has 2 N–H and O–H groups in total. The summed E-state index contributed by atoms with van der Waals surface area (Å²) in [6.07, 6.45) is 7.64. The Kier molecular flexibility index (Phi) is 6.33. The first kappa shape index (κ1) is 21.9. The Morgan fingerprint density at radius 2 is 1.85 bits per heavy atom. The van der Waals surface area contributed by atoms with Crippen LogP contribution in [0.2, 0.25) is 0 Å². The summed E-state index contributed by atoms with van der Waals surface area (Å²) in [7, 11) is 0. The van der Waals surface area contributed by atoms with Crippen LogP contribution in [0.1, 0.15) is 47.3 Å². The molecule has 5 rings (SSSR count). The van der Waals surface area contributed by atoms with E-state index < -0.39 is 6.10 Å². The third-order valence-electron chi connectivity index (χ3n) is 6.88. The summed E-state index contributed by atoms with van der Waals surface area (Å²) < 4.78 is 2.09. The summed E-state index contributed by atoms with van der Waals surface area (Å²) in [6.45, 7) is 6.04. The second-order valence-corrected chi connectivity index (χ2v) is 9.44. The topological polar surface area (TPSA) is 73.1 Å². The number of aryl methyl sites for hydroxylation is 1. The number of nitrogens with one attached hydrogen (secondary N) is 1. The zero-order valence-electron chi connectivity index (χ0n) is 19.3. The summed E-state index contributed by atoms with van der Waals surface area (Å²) >= 11 is 0. The molecular formula is C26H33N5O2. The fraction of sp³-hybridized carbons (Fsp3) is 0.462. The molecule has 0 radical (unpaired) electrons. The van der Waals surface area contributed by atoms with Crippen molar-refractivity contribution >= 4 is 17.2 Å². The average Bonchev–Trinajstić information content (AvgIpc) is 3.25. The maximum atomic E-state index is 12.7. The van der Waals surface area contributed by atoms with Crippen molar-refractivity contribution in [1.82, 2.24) is 19.6 Å². The van der Waals surface area contributed by atoms with Gasteiger partial charge in [-0.2, -0.15) is 0 Å². The molecule has 0 spiro atoms. The smallest absolute Gasteiger partial charge is 0.253 e. The second-order valence-electron chi connectivity index (χ2n) is 9.44. The number of pyridine rings is 1. The quantitative estimate of drug-likeness (QED) is 0.629. The highest BCUT2D eigenvalue weighted by molar-refractivity contribution is 5.94. The van der Waals surface area contributed by atoms with Gasteiger partial charge in [0.15, 0.2) is 0 Å². The van der Waals surface area contributed by atoms with E-state index in [9.17, 15) is 9.90 Å². The Morgan fingerprint density at radius 1 is 1.06 bits per heavy atom. The minimum Gasteiger partial charge on any atom is -0.391 e. The maximum absolute atomic E-state index is 12.7. The van der Waals surface area contributed by atoms with Gasteiger partial charge in [0, 0.05) is 62.4 Å². The SMILES string of the molecule is Cc1ccc2nc(CNC3CCN(c4ccc(C(=O)N5CCC[C@@H](O)C5)cc4)CC3)cn2c1. The lowest BCUT2D eigenvalue weighted by atomic mass is 10.0. The Hall–Kier alpha value is -2.90. The van der Waals surface area contributed by atoms with Gasteiger partial charge in [0.1, 0.15) is 5.65 Å². The third-order valence-corrected chi connectivity index (χ3v) is 6.88. The summed E-state index contributed by atoms with van der Waals surface area (Å²) in [6, 6.07) is 12.6. The standard InChI is InChI=1S/C26H33N5O2/c1-19-4-9-25-28-22(17-31(25)16-19)15-27-21-10-13-29(14-11-21)23-7-5-20(6-8-23)26(33)30-12-2-3-24(32)18-30/h4-9,16-17,21,24,27,32H,2-3,10-15,18H2,1H3/t24-/m1/s1. The largest absolute Gasteiger partial charge is 0.391 e. The van der Waals surface area contributed by atoms with Gasteiger partial charge in [-0.1, -0.05) is 6.07 Å². The molecule has 0 saturated carbocycles. The number of likely N-dealkylation sites (tertiary alicyclic amines) is 1. The van der Waals surface area contributed by atoms with E-state index in [0.717, 1.165) is 63.2 Å². The van der Waals surface area contributed by atoms with Gasteiger partial charge in [-0.05, 0) is 68.5 Å². The van der Waals surface area contributed by atoms with E-state index in [1.165, 1.54) is 11.3 Å². The van der Waals surface area contributed by atoms with Crippen LogP contribution in [0.25, 0.3) is 5.65 Å². The van der Waals surface area contributed by atoms with E-state index in [4.69, 9.17) is 4.98 Å². The number of anilines is 1. The van der Waals surface area contributed by atoms with Crippen LogP contribution in [0.15, 0.2) is 48.8 Å². The highest BCUT2D eigenvalue weighted by Gasteiger charge is 2.24. The molecule has 1 atom stereocenters. The number of β-amino-alcohol motifs (C(OH)–C–C–N with tert-alkyl or cyclic N) is 1. The van der Waals surface area contributed by atoms with Gasteiger partial charge >= 0.3 is 0 Å². The van der Waals surface area contributed by atoms with Crippen molar-refractivity contribution in [2.24, 2.45) is 0 Å². The molecular weight excluding hydrogens is 414 g/mol. The van der Waals surface area contributed by atoms with Crippen LogP contribution in [-0.2, 0) is 6.54 Å². The van der Waals surface area contributed by atoms with Gasteiger partial charge < -0.3 is 24.6 Å². The number of hydrogen-bond acceptors (Lipinski definition) is 5. The van der Waals surface area contributed by atoms with Crippen molar-refractivity contribution < 1.29 is 9.90 Å². The van der Waals surface area contributed by atoms with Crippen LogP contribution in [-0.4, -0.2) is 63.6 Å². The molecule has 2 aromatic heterocycles. The van der Waals surface area contributed by atoms with Crippen LogP contribution in [0.4, 0.5) is 5.69 Å². The van der Waals surface area contributed by atoms with Gasteiger partial charge in [0.2, 0.25) is 0 Å². The Bertz CT molecular complexity index is 1100. The summed E-state index contributed by atoms with van der Waals surface area (Å²) in [5.74, 6) is 0.0188. The Balaban J connectivity index is 1.12. The van der Waals surface area contributed by atoms with E-state index >= 15 is 0 Å². The van der Waals surface area contributed by atoms with Gasteiger partial charge in [-0.15, -0.1) is 0 Å². The van der Waals surface area contributed by atoms with Crippen LogP contribution in [0.3, 0.4) is 0 Å². The van der Waals surface area contributed by atoms with Gasteiger partial charge in [-0.3, -0.25) is 4.79 Å². The molecule has 174 valence electrons. The molecule has 0 bridgehead atoms. The first-order valence-corrected chi connectivity index (χ1v) is 12.0. The molecule has 4 heterocycles. The third kappa shape index (κ3) is 5.04. The van der Waals surface area contributed by atoms with Crippen molar-refractivity contribution in [3.8, 4) is 0 Å². The number of aliphatic hydroxyl groups excluding tert-OH is 1. The zero-order valence-corrected chi connectivity index (χ0v) is 19.3. The number of rotatable bonds is 5. The molecule has 1 aromatic carbocycles. The number of amides is 1. The number of carbonyl (C=O) groups excluding carboxylic acids is 1. The van der Waals surface area contributed by atoms with Crippen LogP contribution >= 0.6 is 0 Å². The van der Waals surface area contributed by atoms with Crippen molar-refractivity contribution in [3.05, 3.63) is 65.6 Å². The number of nitrogens with zero attached hydrogens (tertiary/aromatic N) is 4. The van der Waals surface area contributed by atoms with Crippen molar-refractivity contribution in [2.45, 2.75) is 51.3 Å². The maximum Gasteiger partial charge on any atom is 0.253 e. The molecule has 7 nitrogen and oxygen atoms in total. The minimum absolute atomic E-state index is 0.0188. The fourth-order valence-corrected chi connectivity index (χ4v) is 4.97. The molecule has 0 unspecified atom stereocenters.